The largest absolute Gasteiger partial charge is 0.385 e. The van der Waals surface area contributed by atoms with E-state index in [1.54, 1.807) is 7.11 Å². The van der Waals surface area contributed by atoms with E-state index in [0.29, 0.717) is 0 Å². The van der Waals surface area contributed by atoms with E-state index in [1.807, 2.05) is 0 Å². The molecule has 1 rings (SSSR count). The lowest BCUT2D eigenvalue weighted by Gasteiger charge is -2.23. The molecule has 1 heterocycles. The van der Waals surface area contributed by atoms with Gasteiger partial charge in [0.15, 0.2) is 0 Å². The highest BCUT2D eigenvalue weighted by Crippen LogP contribution is 2.17. The molecule has 3 nitrogen and oxygen atoms in total. The Morgan fingerprint density at radius 1 is 1.19 bits per heavy atom. The molecule has 0 unspecified atom stereocenters. The summed E-state index contributed by atoms with van der Waals surface area (Å²) in [5, 5.41) is 3.42. The molecular weight excluding hydrogens is 200 g/mol. The van der Waals surface area contributed by atoms with Gasteiger partial charge in [0.25, 0.3) is 0 Å². The van der Waals surface area contributed by atoms with Crippen molar-refractivity contribution in [3.63, 3.8) is 0 Å². The van der Waals surface area contributed by atoms with Gasteiger partial charge in [-0.2, -0.15) is 0 Å². The SMILES string of the molecule is COCCCN(C)CCCC1CCNCC1. The van der Waals surface area contributed by atoms with Gasteiger partial charge in [-0.05, 0) is 64.7 Å². The number of hydrogen-bond acceptors (Lipinski definition) is 3. The van der Waals surface area contributed by atoms with Gasteiger partial charge >= 0.3 is 0 Å². The van der Waals surface area contributed by atoms with E-state index in [-0.39, 0.29) is 0 Å². The van der Waals surface area contributed by atoms with Crippen molar-refractivity contribution in [2.24, 2.45) is 5.92 Å². The molecule has 1 saturated heterocycles. The van der Waals surface area contributed by atoms with Gasteiger partial charge in [-0.25, -0.2) is 0 Å². The molecule has 0 aliphatic carbocycles. The molecule has 0 saturated carbocycles. The van der Waals surface area contributed by atoms with E-state index in [9.17, 15) is 0 Å². The first-order valence-electron chi connectivity index (χ1n) is 6.71. The quantitative estimate of drug-likeness (QED) is 0.640. The second-order valence-electron chi connectivity index (χ2n) is 4.99. The number of nitrogens with one attached hydrogen (secondary N) is 1. The zero-order valence-corrected chi connectivity index (χ0v) is 11.0. The number of rotatable bonds is 8. The van der Waals surface area contributed by atoms with Gasteiger partial charge in [-0.15, -0.1) is 0 Å². The zero-order valence-electron chi connectivity index (χ0n) is 11.0. The second kappa shape index (κ2) is 8.97. The van der Waals surface area contributed by atoms with E-state index in [2.05, 4.69) is 17.3 Å². The van der Waals surface area contributed by atoms with Crippen molar-refractivity contribution in [1.29, 1.82) is 0 Å². The van der Waals surface area contributed by atoms with E-state index >= 15 is 0 Å². The Kier molecular flexibility index (Phi) is 7.81. The summed E-state index contributed by atoms with van der Waals surface area (Å²) in [6.45, 7) is 5.76. The fraction of sp³-hybridized carbons (Fsp3) is 1.00. The summed E-state index contributed by atoms with van der Waals surface area (Å²) in [6.07, 6.45) is 6.69. The Labute approximate surface area is 101 Å². The van der Waals surface area contributed by atoms with E-state index in [4.69, 9.17) is 4.74 Å². The summed E-state index contributed by atoms with van der Waals surface area (Å²) in [5.74, 6) is 0.980. The molecule has 96 valence electrons. The lowest BCUT2D eigenvalue weighted by Crippen LogP contribution is -2.28. The van der Waals surface area contributed by atoms with Gasteiger partial charge in [0, 0.05) is 20.3 Å². The Morgan fingerprint density at radius 3 is 2.56 bits per heavy atom. The van der Waals surface area contributed by atoms with E-state index in [0.717, 1.165) is 18.9 Å². The predicted octanol–water partition coefficient (Wildman–Crippen LogP) is 1.73. The first kappa shape index (κ1) is 13.9. The molecule has 0 atom stereocenters. The van der Waals surface area contributed by atoms with Crippen molar-refractivity contribution >= 4 is 0 Å². The standard InChI is InChI=1S/C13H28N2O/c1-15(11-4-12-16-2)10-3-5-13-6-8-14-9-7-13/h13-14H,3-12H2,1-2H3. The highest BCUT2D eigenvalue weighted by atomic mass is 16.5. The number of hydrogen-bond donors (Lipinski definition) is 1. The normalized spacial score (nSPS) is 18.2. The lowest BCUT2D eigenvalue weighted by molar-refractivity contribution is 0.178. The molecular formula is C13H28N2O. The van der Waals surface area contributed by atoms with Gasteiger partial charge in [0.05, 0.1) is 0 Å². The second-order valence-corrected chi connectivity index (χ2v) is 4.99. The van der Waals surface area contributed by atoms with E-state index in [1.165, 1.54) is 51.9 Å². The molecule has 0 amide bonds. The van der Waals surface area contributed by atoms with Crippen LogP contribution in [0.4, 0.5) is 0 Å². The summed E-state index contributed by atoms with van der Waals surface area (Å²) in [4.78, 5) is 2.43. The van der Waals surface area contributed by atoms with Crippen LogP contribution in [0, 0.1) is 5.92 Å². The van der Waals surface area contributed by atoms with Crippen LogP contribution in [0.25, 0.3) is 0 Å². The predicted molar refractivity (Wildman–Crippen MR) is 68.8 cm³/mol. The van der Waals surface area contributed by atoms with Gasteiger partial charge in [0.2, 0.25) is 0 Å². The van der Waals surface area contributed by atoms with Crippen molar-refractivity contribution in [3.8, 4) is 0 Å². The third kappa shape index (κ3) is 6.46. The smallest absolute Gasteiger partial charge is 0.0474 e. The summed E-state index contributed by atoms with van der Waals surface area (Å²) < 4.78 is 5.06. The minimum absolute atomic E-state index is 0.888. The summed E-state index contributed by atoms with van der Waals surface area (Å²) >= 11 is 0. The Balaban J connectivity index is 1.92. The first-order valence-corrected chi connectivity index (χ1v) is 6.71. The number of nitrogens with zero attached hydrogens (tertiary/aromatic N) is 1. The van der Waals surface area contributed by atoms with Crippen LogP contribution in [0.2, 0.25) is 0 Å². The van der Waals surface area contributed by atoms with Gasteiger partial charge in [-0.1, -0.05) is 0 Å². The van der Waals surface area contributed by atoms with Crippen molar-refractivity contribution in [2.75, 3.05) is 46.9 Å². The van der Waals surface area contributed by atoms with Gasteiger partial charge < -0.3 is 15.0 Å². The van der Waals surface area contributed by atoms with E-state index < -0.39 is 0 Å². The third-order valence-electron chi connectivity index (χ3n) is 3.50. The van der Waals surface area contributed by atoms with Crippen LogP contribution in [0.3, 0.4) is 0 Å². The maximum atomic E-state index is 5.06. The average Bonchev–Trinajstić information content (AvgIpc) is 2.31. The minimum atomic E-state index is 0.888. The van der Waals surface area contributed by atoms with Crippen molar-refractivity contribution in [1.82, 2.24) is 10.2 Å². The molecule has 0 aromatic carbocycles. The van der Waals surface area contributed by atoms with Crippen LogP contribution >= 0.6 is 0 Å². The van der Waals surface area contributed by atoms with Crippen LogP contribution in [-0.4, -0.2) is 51.8 Å². The highest BCUT2D eigenvalue weighted by molar-refractivity contribution is 4.68. The van der Waals surface area contributed by atoms with Crippen molar-refractivity contribution in [3.05, 3.63) is 0 Å². The first-order chi connectivity index (χ1) is 7.83. The summed E-state index contributed by atoms with van der Waals surface area (Å²) in [5.41, 5.74) is 0. The number of ether oxygens (including phenoxy) is 1. The Bertz CT molecular complexity index is 158. The van der Waals surface area contributed by atoms with Gasteiger partial charge in [-0.3, -0.25) is 0 Å². The van der Waals surface area contributed by atoms with Crippen LogP contribution < -0.4 is 5.32 Å². The average molecular weight is 228 g/mol. The number of methoxy groups -OCH3 is 1. The van der Waals surface area contributed by atoms with Crippen LogP contribution in [-0.2, 0) is 4.74 Å². The molecule has 0 spiro atoms. The number of piperidine rings is 1. The molecule has 1 fully saturated rings. The molecule has 0 bridgehead atoms. The van der Waals surface area contributed by atoms with Gasteiger partial charge in [0.1, 0.15) is 0 Å². The molecule has 16 heavy (non-hydrogen) atoms. The maximum Gasteiger partial charge on any atom is 0.0474 e. The summed E-state index contributed by atoms with van der Waals surface area (Å²) in [7, 11) is 4.00. The molecule has 3 heteroatoms. The monoisotopic (exact) mass is 228 g/mol. The fourth-order valence-corrected chi connectivity index (χ4v) is 2.41. The topological polar surface area (TPSA) is 24.5 Å². The maximum absolute atomic E-state index is 5.06. The molecule has 1 N–H and O–H groups in total. The Morgan fingerprint density at radius 2 is 1.88 bits per heavy atom. The molecule has 0 radical (unpaired) electrons. The molecule has 1 aliphatic heterocycles. The van der Waals surface area contributed by atoms with Crippen LogP contribution in [0.5, 0.6) is 0 Å². The molecule has 1 aliphatic rings. The van der Waals surface area contributed by atoms with Crippen molar-refractivity contribution < 1.29 is 4.74 Å². The van der Waals surface area contributed by atoms with Crippen LogP contribution in [0.1, 0.15) is 32.1 Å². The molecule has 0 aromatic heterocycles. The lowest BCUT2D eigenvalue weighted by atomic mass is 9.93. The van der Waals surface area contributed by atoms with Crippen molar-refractivity contribution in [2.45, 2.75) is 32.1 Å². The summed E-state index contributed by atoms with van der Waals surface area (Å²) in [6, 6.07) is 0. The third-order valence-corrected chi connectivity index (χ3v) is 3.50. The molecule has 0 aromatic rings. The zero-order chi connectivity index (χ0) is 11.6. The fourth-order valence-electron chi connectivity index (χ4n) is 2.41. The van der Waals surface area contributed by atoms with Crippen LogP contribution in [0.15, 0.2) is 0 Å². The highest BCUT2D eigenvalue weighted by Gasteiger charge is 2.12. The Hall–Kier alpha value is -0.120. The minimum Gasteiger partial charge on any atom is -0.385 e.